The van der Waals surface area contributed by atoms with Crippen LogP contribution in [0.4, 0.5) is 5.82 Å². The van der Waals surface area contributed by atoms with E-state index in [4.69, 9.17) is 14.5 Å². The van der Waals surface area contributed by atoms with Crippen LogP contribution < -0.4 is 15.5 Å². The third-order valence-electron chi connectivity index (χ3n) is 5.48. The van der Waals surface area contributed by atoms with Crippen LogP contribution in [-0.4, -0.2) is 87.1 Å². The van der Waals surface area contributed by atoms with Crippen molar-refractivity contribution in [3.63, 3.8) is 0 Å². The zero-order valence-corrected chi connectivity index (χ0v) is 22.4. The zero-order chi connectivity index (χ0) is 22.1. The number of halogens is 1. The molecule has 9 heteroatoms. The SMILES string of the molecule is CCNC(=NCc1ccnc(N2CCOC(C)C2)c1)NCC1CN(CC(C)C)CCO1.I. The Hall–Kier alpha value is -1.17. The summed E-state index contributed by atoms with van der Waals surface area (Å²) in [5, 5.41) is 6.81. The highest BCUT2D eigenvalue weighted by molar-refractivity contribution is 14.0. The highest BCUT2D eigenvalue weighted by Gasteiger charge is 2.21. The lowest BCUT2D eigenvalue weighted by molar-refractivity contribution is -0.0284. The Labute approximate surface area is 210 Å². The number of rotatable bonds is 8. The molecule has 0 radical (unpaired) electrons. The molecule has 1 aromatic heterocycles. The van der Waals surface area contributed by atoms with Crippen molar-refractivity contribution >= 4 is 35.8 Å². The first-order chi connectivity index (χ1) is 15.0. The average Bonchev–Trinajstić information content (AvgIpc) is 2.76. The second-order valence-electron chi connectivity index (χ2n) is 8.87. The minimum absolute atomic E-state index is 0. The van der Waals surface area contributed by atoms with Crippen LogP contribution in [0.5, 0.6) is 0 Å². The van der Waals surface area contributed by atoms with E-state index in [-0.39, 0.29) is 36.2 Å². The molecule has 0 amide bonds. The predicted molar refractivity (Wildman–Crippen MR) is 141 cm³/mol. The molecule has 2 fully saturated rings. The van der Waals surface area contributed by atoms with E-state index in [1.165, 1.54) is 0 Å². The molecule has 182 valence electrons. The zero-order valence-electron chi connectivity index (χ0n) is 20.0. The van der Waals surface area contributed by atoms with Crippen molar-refractivity contribution in [2.45, 2.75) is 46.4 Å². The summed E-state index contributed by atoms with van der Waals surface area (Å²) in [4.78, 5) is 14.1. The Kier molecular flexibility index (Phi) is 12.0. The summed E-state index contributed by atoms with van der Waals surface area (Å²) in [7, 11) is 0. The fourth-order valence-corrected chi connectivity index (χ4v) is 4.07. The molecule has 2 N–H and O–H groups in total. The second kappa shape index (κ2) is 14.2. The van der Waals surface area contributed by atoms with Crippen LogP contribution in [0.15, 0.2) is 23.3 Å². The fourth-order valence-electron chi connectivity index (χ4n) is 4.07. The first-order valence-electron chi connectivity index (χ1n) is 11.7. The maximum Gasteiger partial charge on any atom is 0.191 e. The van der Waals surface area contributed by atoms with Gasteiger partial charge in [0.1, 0.15) is 5.82 Å². The Bertz CT molecular complexity index is 705. The largest absolute Gasteiger partial charge is 0.375 e. The summed E-state index contributed by atoms with van der Waals surface area (Å²) >= 11 is 0. The minimum atomic E-state index is 0. The molecular formula is C23H41IN6O2. The summed E-state index contributed by atoms with van der Waals surface area (Å²) in [5.41, 5.74) is 1.15. The average molecular weight is 561 g/mol. The molecule has 0 spiro atoms. The van der Waals surface area contributed by atoms with Crippen LogP contribution in [0, 0.1) is 5.92 Å². The standard InChI is InChI=1S/C23H40N6O2.HI/c1-5-24-23(27-14-21-17-28(8-10-31-21)15-18(2)3)26-13-20-6-7-25-22(12-20)29-9-11-30-19(4)16-29;/h6-7,12,18-19,21H,5,8-11,13-17H2,1-4H3,(H2,24,26,27);1H. The van der Waals surface area contributed by atoms with Gasteiger partial charge in [-0.25, -0.2) is 9.98 Å². The molecule has 2 unspecified atom stereocenters. The number of nitrogens with one attached hydrogen (secondary N) is 2. The lowest BCUT2D eigenvalue weighted by atomic mass is 10.2. The highest BCUT2D eigenvalue weighted by atomic mass is 127. The summed E-state index contributed by atoms with van der Waals surface area (Å²) in [5.74, 6) is 2.50. The van der Waals surface area contributed by atoms with Crippen molar-refractivity contribution in [3.8, 4) is 0 Å². The smallest absolute Gasteiger partial charge is 0.191 e. The third kappa shape index (κ3) is 8.99. The van der Waals surface area contributed by atoms with Gasteiger partial charge in [-0.2, -0.15) is 0 Å². The van der Waals surface area contributed by atoms with Gasteiger partial charge in [-0.3, -0.25) is 4.90 Å². The third-order valence-corrected chi connectivity index (χ3v) is 5.48. The van der Waals surface area contributed by atoms with Gasteiger partial charge in [0.15, 0.2) is 5.96 Å². The highest BCUT2D eigenvalue weighted by Crippen LogP contribution is 2.17. The van der Waals surface area contributed by atoms with Crippen LogP contribution in [0.1, 0.15) is 33.3 Å². The normalized spacial score (nSPS) is 22.5. The number of hydrogen-bond donors (Lipinski definition) is 2. The molecular weight excluding hydrogens is 519 g/mol. The number of aliphatic imine (C=N–C) groups is 1. The van der Waals surface area contributed by atoms with Crippen LogP contribution >= 0.6 is 24.0 Å². The quantitative estimate of drug-likeness (QED) is 0.287. The number of aromatic nitrogens is 1. The number of pyridine rings is 1. The monoisotopic (exact) mass is 560 g/mol. The van der Waals surface area contributed by atoms with Gasteiger partial charge in [0.2, 0.25) is 0 Å². The molecule has 0 aromatic carbocycles. The molecule has 3 heterocycles. The maximum absolute atomic E-state index is 5.96. The summed E-state index contributed by atoms with van der Waals surface area (Å²) in [6.45, 7) is 17.3. The number of anilines is 1. The number of nitrogens with zero attached hydrogens (tertiary/aromatic N) is 4. The Morgan fingerprint density at radius 2 is 2.03 bits per heavy atom. The molecule has 3 rings (SSSR count). The van der Waals surface area contributed by atoms with Gasteiger partial charge < -0.3 is 25.0 Å². The Balaban J connectivity index is 0.00000363. The van der Waals surface area contributed by atoms with Gasteiger partial charge in [0.05, 0.1) is 32.0 Å². The van der Waals surface area contributed by atoms with Crippen molar-refractivity contribution < 1.29 is 9.47 Å². The molecule has 2 aliphatic heterocycles. The molecule has 2 saturated heterocycles. The van der Waals surface area contributed by atoms with E-state index in [0.717, 1.165) is 76.4 Å². The van der Waals surface area contributed by atoms with E-state index in [2.05, 4.69) is 59.2 Å². The minimum Gasteiger partial charge on any atom is -0.375 e. The predicted octanol–water partition coefficient (Wildman–Crippen LogP) is 2.34. The van der Waals surface area contributed by atoms with Crippen LogP contribution in [0.3, 0.4) is 0 Å². The lowest BCUT2D eigenvalue weighted by Crippen LogP contribution is -2.50. The van der Waals surface area contributed by atoms with Crippen LogP contribution in [0.2, 0.25) is 0 Å². The Morgan fingerprint density at radius 1 is 1.22 bits per heavy atom. The van der Waals surface area contributed by atoms with Gasteiger partial charge in [0, 0.05) is 52.0 Å². The van der Waals surface area contributed by atoms with E-state index in [0.29, 0.717) is 12.5 Å². The maximum atomic E-state index is 5.96. The molecule has 0 bridgehead atoms. The summed E-state index contributed by atoms with van der Waals surface area (Å²) < 4.78 is 11.6. The number of morpholine rings is 2. The van der Waals surface area contributed by atoms with E-state index in [1.807, 2.05) is 12.3 Å². The number of guanidine groups is 1. The topological polar surface area (TPSA) is 74.2 Å². The van der Waals surface area contributed by atoms with Gasteiger partial charge in [0.25, 0.3) is 0 Å². The van der Waals surface area contributed by atoms with Gasteiger partial charge in [-0.15, -0.1) is 24.0 Å². The van der Waals surface area contributed by atoms with E-state index in [1.54, 1.807) is 0 Å². The summed E-state index contributed by atoms with van der Waals surface area (Å²) in [6, 6.07) is 4.17. The second-order valence-corrected chi connectivity index (χ2v) is 8.87. The molecule has 0 saturated carbocycles. The van der Waals surface area contributed by atoms with E-state index < -0.39 is 0 Å². The van der Waals surface area contributed by atoms with Crippen molar-refractivity contribution in [2.75, 3.05) is 63.9 Å². The first-order valence-corrected chi connectivity index (χ1v) is 11.7. The summed E-state index contributed by atoms with van der Waals surface area (Å²) in [6.07, 6.45) is 2.30. The van der Waals surface area contributed by atoms with Crippen molar-refractivity contribution in [3.05, 3.63) is 23.9 Å². The molecule has 2 aliphatic rings. The Morgan fingerprint density at radius 3 is 2.78 bits per heavy atom. The van der Waals surface area contributed by atoms with Crippen LogP contribution in [0.25, 0.3) is 0 Å². The van der Waals surface area contributed by atoms with Gasteiger partial charge in [-0.1, -0.05) is 13.8 Å². The van der Waals surface area contributed by atoms with E-state index in [9.17, 15) is 0 Å². The fraction of sp³-hybridized carbons (Fsp3) is 0.739. The molecule has 8 nitrogen and oxygen atoms in total. The van der Waals surface area contributed by atoms with Crippen molar-refractivity contribution in [1.82, 2.24) is 20.5 Å². The molecule has 1 aromatic rings. The van der Waals surface area contributed by atoms with Gasteiger partial charge in [-0.05, 0) is 37.5 Å². The lowest BCUT2D eigenvalue weighted by Gasteiger charge is -2.34. The molecule has 32 heavy (non-hydrogen) atoms. The van der Waals surface area contributed by atoms with Crippen molar-refractivity contribution in [2.24, 2.45) is 10.9 Å². The molecule has 0 aliphatic carbocycles. The van der Waals surface area contributed by atoms with Crippen molar-refractivity contribution in [1.29, 1.82) is 0 Å². The number of ether oxygens (including phenoxy) is 2. The van der Waals surface area contributed by atoms with Gasteiger partial charge >= 0.3 is 0 Å². The molecule has 2 atom stereocenters. The first kappa shape index (κ1) is 27.1. The van der Waals surface area contributed by atoms with E-state index >= 15 is 0 Å². The van der Waals surface area contributed by atoms with Crippen LogP contribution in [-0.2, 0) is 16.0 Å². The number of hydrogen-bond acceptors (Lipinski definition) is 6.